The Kier molecular flexibility index (Phi) is 2.26. The summed E-state index contributed by atoms with van der Waals surface area (Å²) in [5.74, 6) is 0. The Morgan fingerprint density at radius 2 is 1.82 bits per heavy atom. The quantitative estimate of drug-likeness (QED) is 0.507. The Hall–Kier alpha value is -0.460. The molecule has 0 aliphatic rings. The molecular formula is C8H11FNP. The van der Waals surface area contributed by atoms with E-state index in [9.17, 15) is 4.39 Å². The van der Waals surface area contributed by atoms with Crippen LogP contribution in [-0.2, 0) is 5.53 Å². The van der Waals surface area contributed by atoms with Gasteiger partial charge >= 0.3 is 0 Å². The molecule has 1 aromatic carbocycles. The summed E-state index contributed by atoms with van der Waals surface area (Å²) in [5, 5.41) is 0. The first-order chi connectivity index (χ1) is 5.00. The summed E-state index contributed by atoms with van der Waals surface area (Å²) >= 11 is 0. The van der Waals surface area contributed by atoms with Gasteiger partial charge in [0.25, 0.3) is 0 Å². The molecule has 0 aromatic heterocycles. The summed E-state index contributed by atoms with van der Waals surface area (Å²) in [7, 11) is 1.96. The van der Waals surface area contributed by atoms with E-state index in [2.05, 4.69) is 0 Å². The smallest absolute Gasteiger partial charge is 0.196 e. The fraction of sp³-hybridized carbons (Fsp3) is 0.250. The van der Waals surface area contributed by atoms with Crippen LogP contribution in [0.15, 0.2) is 24.3 Å². The molecule has 1 rings (SSSR count). The molecule has 2 unspecified atom stereocenters. The van der Waals surface area contributed by atoms with E-state index in [1.807, 2.05) is 28.3 Å². The molecule has 0 amide bonds. The monoisotopic (exact) mass is 171 g/mol. The first kappa shape index (κ1) is 8.63. The van der Waals surface area contributed by atoms with Crippen LogP contribution in [0.1, 0.15) is 11.1 Å². The third kappa shape index (κ3) is 2.25. The molecule has 2 N–H and O–H groups in total. The van der Waals surface area contributed by atoms with Crippen molar-refractivity contribution < 1.29 is 4.39 Å². The summed E-state index contributed by atoms with van der Waals surface area (Å²) in [4.78, 5) is 0. The molecule has 0 radical (unpaired) electrons. The minimum Gasteiger partial charge on any atom is -0.292 e. The predicted octanol–water partition coefficient (Wildman–Crippen LogP) is 1.91. The van der Waals surface area contributed by atoms with Crippen LogP contribution in [0.3, 0.4) is 0 Å². The number of rotatable bonds is 1. The zero-order valence-corrected chi connectivity index (χ0v) is 7.50. The van der Waals surface area contributed by atoms with Crippen LogP contribution in [0.4, 0.5) is 4.39 Å². The largest absolute Gasteiger partial charge is 0.292 e. The van der Waals surface area contributed by atoms with Crippen LogP contribution in [0, 0.1) is 6.92 Å². The lowest BCUT2D eigenvalue weighted by molar-refractivity contribution is 0.305. The van der Waals surface area contributed by atoms with Gasteiger partial charge in [0.05, 0.1) is 0 Å². The second-order valence-corrected chi connectivity index (χ2v) is 3.47. The molecule has 0 saturated heterocycles. The average molecular weight is 171 g/mol. The van der Waals surface area contributed by atoms with Crippen LogP contribution < -0.4 is 5.73 Å². The molecular weight excluding hydrogens is 160 g/mol. The highest BCUT2D eigenvalue weighted by atomic mass is 31.0. The molecule has 0 fully saturated rings. The summed E-state index contributed by atoms with van der Waals surface area (Å²) in [6.45, 7) is 1.95. The molecule has 0 spiro atoms. The highest BCUT2D eigenvalue weighted by Gasteiger charge is 2.18. The minimum absolute atomic E-state index is 0.480. The van der Waals surface area contributed by atoms with E-state index >= 15 is 0 Å². The standard InChI is InChI=1S/C8H11FNP/c1-6-2-4-7(5-3-6)8(9,10)11/h2-5H,10-11H2,1H3. The van der Waals surface area contributed by atoms with Crippen LogP contribution in [0.25, 0.3) is 0 Å². The lowest BCUT2D eigenvalue weighted by Gasteiger charge is -2.13. The molecule has 1 aromatic rings. The van der Waals surface area contributed by atoms with Gasteiger partial charge in [-0.2, -0.15) is 0 Å². The Morgan fingerprint density at radius 3 is 2.18 bits per heavy atom. The van der Waals surface area contributed by atoms with Crippen LogP contribution in [0.5, 0.6) is 0 Å². The summed E-state index contributed by atoms with van der Waals surface area (Å²) in [6.07, 6.45) is 0. The van der Waals surface area contributed by atoms with Gasteiger partial charge in [-0.3, -0.25) is 5.73 Å². The van der Waals surface area contributed by atoms with E-state index in [1.54, 1.807) is 12.1 Å². The highest BCUT2D eigenvalue weighted by molar-refractivity contribution is 7.18. The van der Waals surface area contributed by atoms with Crippen molar-refractivity contribution in [1.82, 2.24) is 0 Å². The molecule has 60 valence electrons. The Labute approximate surface area is 68.0 Å². The van der Waals surface area contributed by atoms with Gasteiger partial charge in [-0.15, -0.1) is 0 Å². The second-order valence-electron chi connectivity index (χ2n) is 2.63. The third-order valence-electron chi connectivity index (χ3n) is 1.49. The normalized spacial score (nSPS) is 16.0. The van der Waals surface area contributed by atoms with Gasteiger partial charge in [0, 0.05) is 5.56 Å². The van der Waals surface area contributed by atoms with Gasteiger partial charge in [0.1, 0.15) is 0 Å². The van der Waals surface area contributed by atoms with Crippen molar-refractivity contribution >= 4 is 9.24 Å². The number of hydrogen-bond donors (Lipinski definition) is 1. The van der Waals surface area contributed by atoms with Gasteiger partial charge in [0.2, 0.25) is 0 Å². The number of benzene rings is 1. The van der Waals surface area contributed by atoms with E-state index in [1.165, 1.54) is 0 Å². The zero-order chi connectivity index (χ0) is 8.48. The number of aryl methyl sites for hydroxylation is 1. The lowest BCUT2D eigenvalue weighted by atomic mass is 10.1. The number of halogens is 1. The fourth-order valence-electron chi connectivity index (χ4n) is 0.809. The van der Waals surface area contributed by atoms with Crippen molar-refractivity contribution in [3.05, 3.63) is 35.4 Å². The van der Waals surface area contributed by atoms with E-state index in [0.29, 0.717) is 5.56 Å². The van der Waals surface area contributed by atoms with Gasteiger partial charge in [-0.1, -0.05) is 39.1 Å². The van der Waals surface area contributed by atoms with Crippen molar-refractivity contribution in [3.63, 3.8) is 0 Å². The molecule has 0 aliphatic heterocycles. The Bertz CT molecular complexity index is 237. The van der Waals surface area contributed by atoms with Crippen LogP contribution in [0.2, 0.25) is 0 Å². The van der Waals surface area contributed by atoms with Crippen molar-refractivity contribution in [2.45, 2.75) is 12.5 Å². The first-order valence-electron chi connectivity index (χ1n) is 3.34. The molecule has 0 bridgehead atoms. The minimum atomic E-state index is -1.80. The second kappa shape index (κ2) is 2.88. The Balaban J connectivity index is 2.99. The maximum atomic E-state index is 13.0. The predicted molar refractivity (Wildman–Crippen MR) is 47.9 cm³/mol. The van der Waals surface area contributed by atoms with Crippen molar-refractivity contribution in [2.75, 3.05) is 0 Å². The molecule has 0 heterocycles. The van der Waals surface area contributed by atoms with Crippen LogP contribution >= 0.6 is 9.24 Å². The first-order valence-corrected chi connectivity index (χ1v) is 3.92. The molecule has 0 aliphatic carbocycles. The Morgan fingerprint density at radius 1 is 1.36 bits per heavy atom. The summed E-state index contributed by atoms with van der Waals surface area (Å²) in [6, 6.07) is 7.03. The maximum absolute atomic E-state index is 13.0. The molecule has 3 heteroatoms. The van der Waals surface area contributed by atoms with E-state index in [4.69, 9.17) is 5.73 Å². The topological polar surface area (TPSA) is 26.0 Å². The maximum Gasteiger partial charge on any atom is 0.196 e. The van der Waals surface area contributed by atoms with Crippen molar-refractivity contribution in [3.8, 4) is 0 Å². The van der Waals surface area contributed by atoms with E-state index in [0.717, 1.165) is 5.56 Å². The number of nitrogens with two attached hydrogens (primary N) is 1. The van der Waals surface area contributed by atoms with E-state index < -0.39 is 5.53 Å². The molecule has 2 atom stereocenters. The summed E-state index contributed by atoms with van der Waals surface area (Å²) < 4.78 is 13.0. The highest BCUT2D eigenvalue weighted by Crippen LogP contribution is 2.26. The van der Waals surface area contributed by atoms with Gasteiger partial charge in [-0.05, 0) is 6.92 Å². The number of hydrogen-bond acceptors (Lipinski definition) is 1. The van der Waals surface area contributed by atoms with Crippen molar-refractivity contribution in [2.24, 2.45) is 5.73 Å². The lowest BCUT2D eigenvalue weighted by Crippen LogP contribution is -2.22. The average Bonchev–Trinajstić information content (AvgIpc) is 1.86. The SMILES string of the molecule is Cc1ccc(C(N)(F)P)cc1. The fourth-order valence-corrected chi connectivity index (χ4v) is 1.00. The van der Waals surface area contributed by atoms with Gasteiger partial charge in [0.15, 0.2) is 5.53 Å². The number of alkyl halides is 1. The summed E-state index contributed by atoms with van der Waals surface area (Å²) in [5.41, 5.74) is 4.98. The third-order valence-corrected chi connectivity index (χ3v) is 1.83. The molecule has 0 saturated carbocycles. The molecule has 1 nitrogen and oxygen atoms in total. The zero-order valence-electron chi connectivity index (χ0n) is 6.34. The van der Waals surface area contributed by atoms with Crippen LogP contribution in [-0.4, -0.2) is 0 Å². The molecule has 11 heavy (non-hydrogen) atoms. The van der Waals surface area contributed by atoms with Gasteiger partial charge in [-0.25, -0.2) is 4.39 Å². The van der Waals surface area contributed by atoms with Crippen molar-refractivity contribution in [1.29, 1.82) is 0 Å². The van der Waals surface area contributed by atoms with Gasteiger partial charge < -0.3 is 0 Å². The van der Waals surface area contributed by atoms with E-state index in [-0.39, 0.29) is 0 Å².